The van der Waals surface area contributed by atoms with E-state index in [9.17, 15) is 0 Å². The first kappa shape index (κ1) is 14.6. The van der Waals surface area contributed by atoms with Gasteiger partial charge in [-0.15, -0.1) is 0 Å². The van der Waals surface area contributed by atoms with Crippen LogP contribution in [0.4, 0.5) is 0 Å². The Morgan fingerprint density at radius 3 is 1.27 bits per heavy atom. The summed E-state index contributed by atoms with van der Waals surface area (Å²) in [6, 6.07) is 0. The van der Waals surface area contributed by atoms with Crippen molar-refractivity contribution in [1.29, 1.82) is 0 Å². The minimum atomic E-state index is -3.19. The maximum Gasteiger partial charge on any atom is 0.491 e. The number of rotatable bonds is 3. The van der Waals surface area contributed by atoms with Gasteiger partial charge in [0.05, 0.1) is 0 Å². The lowest BCUT2D eigenvalue weighted by molar-refractivity contribution is 0.606. The van der Waals surface area contributed by atoms with Crippen molar-refractivity contribution in [3.05, 3.63) is 0 Å². The first-order valence-electron chi connectivity index (χ1n) is 3.70. The van der Waals surface area contributed by atoms with E-state index in [0.29, 0.717) is 0 Å². The molecule has 0 aromatic rings. The van der Waals surface area contributed by atoms with Gasteiger partial charge in [0.25, 0.3) is 0 Å². The molecule has 0 rings (SSSR count). The second-order valence-corrected chi connectivity index (χ2v) is 9.77. The summed E-state index contributed by atoms with van der Waals surface area (Å²) in [5, 5.41) is 0. The molecule has 0 heterocycles. The Morgan fingerprint density at radius 2 is 1.18 bits per heavy atom. The van der Waals surface area contributed by atoms with Gasteiger partial charge >= 0.3 is 6.25 Å². The SMILES string of the molecule is CCCCCC.O[Si](Cl)(Cl)Cl. The van der Waals surface area contributed by atoms with Gasteiger partial charge < -0.3 is 4.80 Å². The lowest BCUT2D eigenvalue weighted by Crippen LogP contribution is -2.05. The van der Waals surface area contributed by atoms with Gasteiger partial charge in [0, 0.05) is 0 Å². The van der Waals surface area contributed by atoms with Crippen LogP contribution >= 0.6 is 33.2 Å². The fraction of sp³-hybridized carbons (Fsp3) is 1.00. The quantitative estimate of drug-likeness (QED) is 0.451. The number of halogens is 3. The first-order valence-corrected chi connectivity index (χ1v) is 8.69. The highest BCUT2D eigenvalue weighted by molar-refractivity contribution is 7.61. The molecule has 1 nitrogen and oxygen atoms in total. The fourth-order valence-corrected chi connectivity index (χ4v) is 0.500. The standard InChI is InChI=1S/C6H14.Cl3HOSi/c1-3-5-6-4-2;1-5(2,3)4/h3-6H2,1-2H3;4H. The Bertz CT molecular complexity index is 64.7. The van der Waals surface area contributed by atoms with E-state index >= 15 is 0 Å². The van der Waals surface area contributed by atoms with Crippen molar-refractivity contribution >= 4 is 39.5 Å². The zero-order chi connectivity index (χ0) is 9.33. The van der Waals surface area contributed by atoms with Crippen LogP contribution in [0, 0.1) is 0 Å². The molecule has 0 fully saturated rings. The smallest absolute Gasteiger partial charge is 0.397 e. The summed E-state index contributed by atoms with van der Waals surface area (Å²) in [5.74, 6) is 0. The van der Waals surface area contributed by atoms with Crippen molar-refractivity contribution in [2.75, 3.05) is 0 Å². The number of hydrogen-bond acceptors (Lipinski definition) is 1. The maximum absolute atomic E-state index is 7.96. The molecule has 0 aliphatic rings. The summed E-state index contributed by atoms with van der Waals surface area (Å²) in [6.07, 6.45) is 2.34. The molecule has 0 radical (unpaired) electrons. The number of hydrogen-bond donors (Lipinski definition) is 1. The molecule has 0 atom stereocenters. The lowest BCUT2D eigenvalue weighted by atomic mass is 10.2. The molecule has 70 valence electrons. The maximum atomic E-state index is 7.96. The Kier molecular flexibility index (Phi) is 12.1. The van der Waals surface area contributed by atoms with Gasteiger partial charge in [-0.05, 0) is 0 Å². The highest BCUT2D eigenvalue weighted by Gasteiger charge is 2.19. The van der Waals surface area contributed by atoms with Crippen LogP contribution in [0.25, 0.3) is 0 Å². The van der Waals surface area contributed by atoms with Crippen LogP contribution < -0.4 is 0 Å². The second kappa shape index (κ2) is 9.14. The minimum Gasteiger partial charge on any atom is -0.397 e. The third kappa shape index (κ3) is 55.2. The van der Waals surface area contributed by atoms with Crippen LogP contribution in [0.2, 0.25) is 0 Å². The Hall–Kier alpha value is 1.05. The Balaban J connectivity index is 0. The molecule has 0 bridgehead atoms. The van der Waals surface area contributed by atoms with E-state index < -0.39 is 6.25 Å². The van der Waals surface area contributed by atoms with Crippen molar-refractivity contribution in [3.8, 4) is 0 Å². The molecule has 0 amide bonds. The van der Waals surface area contributed by atoms with E-state index in [1.165, 1.54) is 25.7 Å². The average molecular weight is 238 g/mol. The van der Waals surface area contributed by atoms with Gasteiger partial charge in [-0.1, -0.05) is 72.8 Å². The molecular formula is C6H15Cl3OSi. The summed E-state index contributed by atoms with van der Waals surface area (Å²) >= 11 is 14.3. The van der Waals surface area contributed by atoms with E-state index in [4.69, 9.17) is 38.0 Å². The zero-order valence-corrected chi connectivity index (χ0v) is 10.2. The van der Waals surface area contributed by atoms with Gasteiger partial charge in [-0.25, -0.2) is 0 Å². The predicted molar refractivity (Wildman–Crippen MR) is 55.3 cm³/mol. The molecule has 5 heteroatoms. The van der Waals surface area contributed by atoms with Crippen molar-refractivity contribution in [2.24, 2.45) is 0 Å². The molecule has 0 aliphatic carbocycles. The van der Waals surface area contributed by atoms with Gasteiger partial charge in [-0.2, -0.15) is 0 Å². The summed E-state index contributed by atoms with van der Waals surface area (Å²) < 4.78 is 0. The third-order valence-electron chi connectivity index (χ3n) is 0.957. The number of unbranched alkanes of at least 4 members (excludes halogenated alkanes) is 3. The van der Waals surface area contributed by atoms with Gasteiger partial charge in [-0.3, -0.25) is 0 Å². The molecule has 0 spiro atoms. The summed E-state index contributed by atoms with van der Waals surface area (Å²) in [6.45, 7) is 4.46. The Morgan fingerprint density at radius 1 is 1.00 bits per heavy atom. The van der Waals surface area contributed by atoms with E-state index in [-0.39, 0.29) is 0 Å². The van der Waals surface area contributed by atoms with Crippen LogP contribution in [-0.2, 0) is 0 Å². The lowest BCUT2D eigenvalue weighted by Gasteiger charge is -1.87. The van der Waals surface area contributed by atoms with Gasteiger partial charge in [0.1, 0.15) is 0 Å². The van der Waals surface area contributed by atoms with Crippen LogP contribution in [-0.4, -0.2) is 11.0 Å². The monoisotopic (exact) mass is 236 g/mol. The third-order valence-corrected chi connectivity index (χ3v) is 0.957. The van der Waals surface area contributed by atoms with E-state index in [1.54, 1.807) is 0 Å². The molecule has 11 heavy (non-hydrogen) atoms. The second-order valence-electron chi connectivity index (χ2n) is 2.17. The zero-order valence-electron chi connectivity index (χ0n) is 6.91. The summed E-state index contributed by atoms with van der Waals surface area (Å²) in [5.41, 5.74) is 0. The van der Waals surface area contributed by atoms with Crippen LogP contribution in [0.3, 0.4) is 0 Å². The van der Waals surface area contributed by atoms with E-state index in [1.807, 2.05) is 0 Å². The van der Waals surface area contributed by atoms with Crippen molar-refractivity contribution in [1.82, 2.24) is 0 Å². The highest BCUT2D eigenvalue weighted by atomic mass is 35.8. The normalized spacial score (nSPS) is 10.4. The minimum absolute atomic E-state index is 1.36. The summed E-state index contributed by atoms with van der Waals surface area (Å²) in [7, 11) is 0. The largest absolute Gasteiger partial charge is 0.491 e. The van der Waals surface area contributed by atoms with Gasteiger partial charge in [0.15, 0.2) is 0 Å². The predicted octanol–water partition coefficient (Wildman–Crippen LogP) is 3.72. The average Bonchev–Trinajstić information content (AvgIpc) is 1.79. The molecule has 0 aliphatic heterocycles. The highest BCUT2D eigenvalue weighted by Crippen LogP contribution is 2.13. The van der Waals surface area contributed by atoms with Gasteiger partial charge in [0.2, 0.25) is 0 Å². The topological polar surface area (TPSA) is 20.2 Å². The molecule has 0 aromatic heterocycles. The molecule has 1 N–H and O–H groups in total. The first-order chi connectivity index (χ1) is 4.91. The van der Waals surface area contributed by atoms with Crippen molar-refractivity contribution < 1.29 is 4.80 Å². The van der Waals surface area contributed by atoms with Crippen molar-refractivity contribution in [3.63, 3.8) is 0 Å². The van der Waals surface area contributed by atoms with Crippen molar-refractivity contribution in [2.45, 2.75) is 39.5 Å². The van der Waals surface area contributed by atoms with E-state index in [2.05, 4.69) is 13.8 Å². The Labute approximate surface area is 83.9 Å². The molecule has 0 aromatic carbocycles. The van der Waals surface area contributed by atoms with E-state index in [0.717, 1.165) is 0 Å². The molecule has 0 saturated carbocycles. The molecule has 0 unspecified atom stereocenters. The summed E-state index contributed by atoms with van der Waals surface area (Å²) in [4.78, 5) is 7.96. The molecular weight excluding hydrogens is 223 g/mol. The molecule has 0 saturated heterocycles. The fourth-order valence-electron chi connectivity index (χ4n) is 0.500. The van der Waals surface area contributed by atoms with Crippen LogP contribution in [0.1, 0.15) is 39.5 Å². The van der Waals surface area contributed by atoms with Crippen LogP contribution in [0.5, 0.6) is 0 Å². The van der Waals surface area contributed by atoms with Crippen LogP contribution in [0.15, 0.2) is 0 Å².